The fourth-order valence-corrected chi connectivity index (χ4v) is 3.07. The molecule has 1 fully saturated rings. The quantitative estimate of drug-likeness (QED) is 0.909. The molecule has 0 radical (unpaired) electrons. The van der Waals surface area contributed by atoms with Gasteiger partial charge in [-0.15, -0.1) is 0 Å². The summed E-state index contributed by atoms with van der Waals surface area (Å²) in [6.45, 7) is 6.35. The Hall–Kier alpha value is -0.810. The summed E-state index contributed by atoms with van der Waals surface area (Å²) in [6.07, 6.45) is 4.44. The maximum atomic E-state index is 11.1. The number of carboxylic acids is 1. The zero-order chi connectivity index (χ0) is 13.1. The van der Waals surface area contributed by atoms with E-state index >= 15 is 0 Å². The number of rotatable bonds is 5. The summed E-state index contributed by atoms with van der Waals surface area (Å²) in [4.78, 5) is 13.6. The molecule has 18 heavy (non-hydrogen) atoms. The summed E-state index contributed by atoms with van der Waals surface area (Å²) in [5.74, 6) is -0.408. The molecule has 0 amide bonds. The molecule has 0 aliphatic carbocycles. The van der Waals surface area contributed by atoms with E-state index in [0.29, 0.717) is 11.6 Å². The van der Waals surface area contributed by atoms with Gasteiger partial charge in [0.25, 0.3) is 0 Å². The monoisotopic (exact) mass is 314 g/mol. The lowest BCUT2D eigenvalue weighted by Gasteiger charge is -2.21. The van der Waals surface area contributed by atoms with E-state index in [9.17, 15) is 4.79 Å². The number of hydrogen-bond acceptors (Lipinski definition) is 2. The van der Waals surface area contributed by atoms with Crippen molar-refractivity contribution < 1.29 is 9.90 Å². The lowest BCUT2D eigenvalue weighted by atomic mass is 10.1. The van der Waals surface area contributed by atoms with Gasteiger partial charge in [-0.1, -0.05) is 6.92 Å². The van der Waals surface area contributed by atoms with E-state index in [0.717, 1.165) is 17.6 Å². The number of halogens is 1. The van der Waals surface area contributed by atoms with E-state index in [4.69, 9.17) is 5.11 Å². The van der Waals surface area contributed by atoms with Crippen molar-refractivity contribution in [2.75, 3.05) is 19.6 Å². The van der Waals surface area contributed by atoms with Crippen LogP contribution in [0.1, 0.15) is 30.3 Å². The molecule has 1 atom stereocenters. The molecule has 1 unspecified atom stereocenters. The fraction of sp³-hybridized carbons (Fsp3) is 0.615. The highest BCUT2D eigenvalue weighted by Gasteiger charge is 2.17. The Morgan fingerprint density at radius 3 is 2.72 bits per heavy atom. The number of likely N-dealkylation sites (tertiary alicyclic amines) is 1. The Morgan fingerprint density at radius 1 is 1.44 bits per heavy atom. The van der Waals surface area contributed by atoms with Crippen LogP contribution in [0.3, 0.4) is 0 Å². The SMILES string of the molecule is CC(CN1CCCC1)Cn1cc(Br)cc1C(=O)O. The van der Waals surface area contributed by atoms with Crippen LogP contribution in [-0.4, -0.2) is 40.2 Å². The zero-order valence-corrected chi connectivity index (χ0v) is 12.2. The van der Waals surface area contributed by atoms with Gasteiger partial charge in [0.2, 0.25) is 0 Å². The molecule has 0 spiro atoms. The van der Waals surface area contributed by atoms with Crippen molar-refractivity contribution >= 4 is 21.9 Å². The summed E-state index contributed by atoms with van der Waals surface area (Å²) in [5, 5.41) is 9.12. The van der Waals surface area contributed by atoms with Crippen molar-refractivity contribution in [3.63, 3.8) is 0 Å². The molecule has 0 saturated carbocycles. The number of carbonyl (C=O) groups is 1. The van der Waals surface area contributed by atoms with Crippen molar-refractivity contribution in [3.8, 4) is 0 Å². The Labute approximate surface area is 116 Å². The number of aromatic carboxylic acids is 1. The highest BCUT2D eigenvalue weighted by Crippen LogP contribution is 2.18. The second-order valence-corrected chi connectivity index (χ2v) is 6.03. The van der Waals surface area contributed by atoms with E-state index < -0.39 is 5.97 Å². The van der Waals surface area contributed by atoms with Crippen LogP contribution in [0.2, 0.25) is 0 Å². The van der Waals surface area contributed by atoms with Crippen LogP contribution >= 0.6 is 15.9 Å². The molecule has 2 rings (SSSR count). The normalized spacial score (nSPS) is 18.1. The first-order chi connectivity index (χ1) is 8.56. The van der Waals surface area contributed by atoms with Crippen molar-refractivity contribution in [1.29, 1.82) is 0 Å². The summed E-state index contributed by atoms with van der Waals surface area (Å²) < 4.78 is 2.65. The summed E-state index contributed by atoms with van der Waals surface area (Å²) in [7, 11) is 0. The van der Waals surface area contributed by atoms with Crippen LogP contribution in [0.4, 0.5) is 0 Å². The van der Waals surface area contributed by atoms with E-state index in [1.807, 2.05) is 10.8 Å². The lowest BCUT2D eigenvalue weighted by Crippen LogP contribution is -2.28. The molecule has 1 N–H and O–H groups in total. The lowest BCUT2D eigenvalue weighted by molar-refractivity contribution is 0.0683. The number of nitrogens with zero attached hydrogens (tertiary/aromatic N) is 2. The Bertz CT molecular complexity index is 425. The van der Waals surface area contributed by atoms with Crippen LogP contribution < -0.4 is 0 Å². The minimum absolute atomic E-state index is 0.357. The van der Waals surface area contributed by atoms with E-state index in [2.05, 4.69) is 27.8 Å². The largest absolute Gasteiger partial charge is 0.477 e. The molecule has 5 heteroatoms. The maximum absolute atomic E-state index is 11.1. The fourth-order valence-electron chi connectivity index (χ4n) is 2.60. The molecule has 0 bridgehead atoms. The summed E-state index contributed by atoms with van der Waals surface area (Å²) in [6, 6.07) is 1.66. The van der Waals surface area contributed by atoms with Crippen LogP contribution in [0.15, 0.2) is 16.7 Å². The van der Waals surface area contributed by atoms with E-state index in [1.54, 1.807) is 6.07 Å². The van der Waals surface area contributed by atoms with Crippen molar-refractivity contribution in [3.05, 3.63) is 22.4 Å². The highest BCUT2D eigenvalue weighted by molar-refractivity contribution is 9.10. The summed E-state index contributed by atoms with van der Waals surface area (Å²) in [5.41, 5.74) is 0.357. The minimum Gasteiger partial charge on any atom is -0.477 e. The van der Waals surface area contributed by atoms with E-state index in [1.165, 1.54) is 25.9 Å². The molecule has 1 aromatic rings. The van der Waals surface area contributed by atoms with Gasteiger partial charge in [-0.3, -0.25) is 0 Å². The first-order valence-electron chi connectivity index (χ1n) is 6.37. The van der Waals surface area contributed by atoms with Crippen LogP contribution in [0, 0.1) is 5.92 Å². The van der Waals surface area contributed by atoms with Crippen molar-refractivity contribution in [2.45, 2.75) is 26.3 Å². The number of aromatic nitrogens is 1. The zero-order valence-electron chi connectivity index (χ0n) is 10.6. The molecular formula is C13H19BrN2O2. The molecule has 4 nitrogen and oxygen atoms in total. The molecule has 1 aliphatic heterocycles. The first-order valence-corrected chi connectivity index (χ1v) is 7.17. The smallest absolute Gasteiger partial charge is 0.352 e. The molecule has 0 aromatic carbocycles. The van der Waals surface area contributed by atoms with Crippen molar-refractivity contribution in [2.24, 2.45) is 5.92 Å². The topological polar surface area (TPSA) is 45.5 Å². The van der Waals surface area contributed by atoms with Gasteiger partial charge in [0.1, 0.15) is 5.69 Å². The predicted octanol–water partition coefficient (Wildman–Crippen LogP) is 2.68. The molecule has 1 aromatic heterocycles. The third-order valence-corrected chi connectivity index (χ3v) is 3.79. The van der Waals surface area contributed by atoms with Crippen LogP contribution in [-0.2, 0) is 6.54 Å². The standard InChI is InChI=1S/C13H19BrN2O2/c1-10(7-15-4-2-3-5-15)8-16-9-11(14)6-12(16)13(17)18/h6,9-10H,2-5,7-8H2,1H3,(H,17,18). The average Bonchev–Trinajstić information content (AvgIpc) is 2.88. The van der Waals surface area contributed by atoms with Crippen molar-refractivity contribution in [1.82, 2.24) is 9.47 Å². The van der Waals surface area contributed by atoms with Gasteiger partial charge in [-0.2, -0.15) is 0 Å². The van der Waals surface area contributed by atoms with E-state index in [-0.39, 0.29) is 0 Å². The predicted molar refractivity (Wildman–Crippen MR) is 73.9 cm³/mol. The van der Waals surface area contributed by atoms with Gasteiger partial charge in [0.05, 0.1) is 0 Å². The summed E-state index contributed by atoms with van der Waals surface area (Å²) >= 11 is 3.33. The van der Waals surface area contributed by atoms with Gasteiger partial charge in [-0.05, 0) is 53.8 Å². The van der Waals surface area contributed by atoms with Gasteiger partial charge in [-0.25, -0.2) is 4.79 Å². The van der Waals surface area contributed by atoms with Crippen LogP contribution in [0.25, 0.3) is 0 Å². The second-order valence-electron chi connectivity index (χ2n) is 5.11. The second kappa shape index (κ2) is 5.89. The van der Waals surface area contributed by atoms with Gasteiger partial charge in [0.15, 0.2) is 0 Å². The highest BCUT2D eigenvalue weighted by atomic mass is 79.9. The van der Waals surface area contributed by atoms with Gasteiger partial charge >= 0.3 is 5.97 Å². The third-order valence-electron chi connectivity index (χ3n) is 3.36. The Balaban J connectivity index is 1.97. The Kier molecular flexibility index (Phi) is 4.45. The Morgan fingerprint density at radius 2 is 2.11 bits per heavy atom. The molecule has 1 aliphatic rings. The minimum atomic E-state index is -0.867. The molecular weight excluding hydrogens is 296 g/mol. The molecule has 100 valence electrons. The third kappa shape index (κ3) is 3.36. The molecule has 2 heterocycles. The molecule has 1 saturated heterocycles. The first kappa shape index (κ1) is 13.6. The number of carboxylic acid groups (broad SMARTS) is 1. The number of hydrogen-bond donors (Lipinski definition) is 1. The maximum Gasteiger partial charge on any atom is 0.352 e. The average molecular weight is 315 g/mol. The van der Waals surface area contributed by atoms with Gasteiger partial charge in [0, 0.05) is 23.8 Å². The van der Waals surface area contributed by atoms with Gasteiger partial charge < -0.3 is 14.6 Å². The van der Waals surface area contributed by atoms with Crippen LogP contribution in [0.5, 0.6) is 0 Å².